The van der Waals surface area contributed by atoms with Crippen LogP contribution in [0.1, 0.15) is 19.3 Å². The predicted octanol–water partition coefficient (Wildman–Crippen LogP) is 1.72. The van der Waals surface area contributed by atoms with Crippen LogP contribution in [0.3, 0.4) is 0 Å². The van der Waals surface area contributed by atoms with E-state index in [2.05, 4.69) is 19.9 Å². The van der Waals surface area contributed by atoms with Crippen molar-refractivity contribution < 1.29 is 9.90 Å². The number of rotatable bonds is 4. The molecule has 0 spiro atoms. The third kappa shape index (κ3) is 2.68. The van der Waals surface area contributed by atoms with Crippen LogP contribution in [-0.4, -0.2) is 39.1 Å². The fraction of sp³-hybridized carbons (Fsp3) is 0.429. The average Bonchev–Trinajstić information content (AvgIpc) is 2.93. The summed E-state index contributed by atoms with van der Waals surface area (Å²) in [5.74, 6) is 0.615. The third-order valence-corrected chi connectivity index (χ3v) is 3.69. The van der Waals surface area contributed by atoms with Crippen molar-refractivity contribution in [2.45, 2.75) is 19.3 Å². The molecule has 0 amide bonds. The zero-order valence-corrected chi connectivity index (χ0v) is 11.1. The summed E-state index contributed by atoms with van der Waals surface area (Å²) in [5.41, 5.74) is 1.44. The van der Waals surface area contributed by atoms with Gasteiger partial charge in [-0.3, -0.25) is 9.78 Å². The zero-order valence-electron chi connectivity index (χ0n) is 11.1. The van der Waals surface area contributed by atoms with E-state index < -0.39 is 5.97 Å². The number of hydrogen-bond donors (Lipinski definition) is 1. The molecule has 0 saturated carbocycles. The molecule has 0 bridgehead atoms. The van der Waals surface area contributed by atoms with Gasteiger partial charge < -0.3 is 10.0 Å². The van der Waals surface area contributed by atoms with E-state index in [9.17, 15) is 4.79 Å². The minimum absolute atomic E-state index is 0.245. The van der Waals surface area contributed by atoms with Crippen LogP contribution in [0.5, 0.6) is 0 Å². The van der Waals surface area contributed by atoms with Crippen LogP contribution in [0.2, 0.25) is 0 Å². The van der Waals surface area contributed by atoms with E-state index in [1.54, 1.807) is 12.4 Å². The first kappa shape index (κ1) is 12.8. The first-order chi connectivity index (χ1) is 9.72. The summed E-state index contributed by atoms with van der Waals surface area (Å²) >= 11 is 0. The van der Waals surface area contributed by atoms with Crippen molar-refractivity contribution >= 4 is 23.0 Å². The summed E-state index contributed by atoms with van der Waals surface area (Å²) < 4.78 is 0. The summed E-state index contributed by atoms with van der Waals surface area (Å²) in [5, 5.41) is 8.73. The van der Waals surface area contributed by atoms with Crippen molar-refractivity contribution in [3.63, 3.8) is 0 Å². The number of anilines is 1. The maximum atomic E-state index is 10.6. The number of aliphatic carboxylic acids is 1. The van der Waals surface area contributed by atoms with Crippen LogP contribution in [0.4, 0.5) is 5.82 Å². The van der Waals surface area contributed by atoms with E-state index in [1.807, 2.05) is 12.1 Å². The van der Waals surface area contributed by atoms with Crippen LogP contribution in [0, 0.1) is 5.92 Å². The lowest BCUT2D eigenvalue weighted by Gasteiger charge is -2.17. The second-order valence-corrected chi connectivity index (χ2v) is 5.10. The molecule has 1 fully saturated rings. The second-order valence-electron chi connectivity index (χ2n) is 5.10. The van der Waals surface area contributed by atoms with Gasteiger partial charge in [-0.2, -0.15) is 0 Å². The van der Waals surface area contributed by atoms with Crippen molar-refractivity contribution in [1.29, 1.82) is 0 Å². The molecule has 6 nitrogen and oxygen atoms in total. The minimum Gasteiger partial charge on any atom is -0.481 e. The number of aromatic nitrogens is 3. The fourth-order valence-corrected chi connectivity index (χ4v) is 2.62. The Labute approximate surface area is 116 Å². The molecule has 0 aromatic carbocycles. The lowest BCUT2D eigenvalue weighted by Crippen LogP contribution is -2.21. The van der Waals surface area contributed by atoms with Gasteiger partial charge in [0.05, 0.1) is 0 Å². The molecule has 1 aliphatic heterocycles. The van der Waals surface area contributed by atoms with Crippen LogP contribution in [0.25, 0.3) is 11.2 Å². The number of fused-ring (bicyclic) bond motifs is 1. The van der Waals surface area contributed by atoms with Gasteiger partial charge in [-0.15, -0.1) is 0 Å². The third-order valence-electron chi connectivity index (χ3n) is 3.69. The number of carbonyl (C=O) groups is 1. The Balaban J connectivity index is 1.71. The molecular weight excluding hydrogens is 256 g/mol. The second kappa shape index (κ2) is 5.40. The average molecular weight is 272 g/mol. The molecule has 104 valence electrons. The van der Waals surface area contributed by atoms with Gasteiger partial charge in [-0.25, -0.2) is 9.97 Å². The Morgan fingerprint density at radius 1 is 1.35 bits per heavy atom. The van der Waals surface area contributed by atoms with Gasteiger partial charge in [0.1, 0.15) is 11.3 Å². The maximum Gasteiger partial charge on any atom is 0.303 e. The molecule has 3 rings (SSSR count). The predicted molar refractivity (Wildman–Crippen MR) is 74.5 cm³/mol. The van der Waals surface area contributed by atoms with Crippen molar-refractivity contribution in [2.24, 2.45) is 5.92 Å². The van der Waals surface area contributed by atoms with E-state index in [4.69, 9.17) is 5.11 Å². The number of carboxylic acids is 1. The molecule has 1 aliphatic rings. The van der Waals surface area contributed by atoms with Crippen LogP contribution < -0.4 is 4.90 Å². The number of hydrogen-bond acceptors (Lipinski definition) is 5. The SMILES string of the molecule is O=C(O)CCC1CCN(c2ccc3nccnc3n2)C1. The molecule has 1 N–H and O–H groups in total. The largest absolute Gasteiger partial charge is 0.481 e. The molecule has 6 heteroatoms. The lowest BCUT2D eigenvalue weighted by molar-refractivity contribution is -0.137. The Morgan fingerprint density at radius 2 is 2.20 bits per heavy atom. The zero-order chi connectivity index (χ0) is 13.9. The smallest absolute Gasteiger partial charge is 0.303 e. The van der Waals surface area contributed by atoms with Crippen LogP contribution in [-0.2, 0) is 4.79 Å². The summed E-state index contributed by atoms with van der Waals surface area (Å²) in [6.45, 7) is 1.79. The Kier molecular flexibility index (Phi) is 3.45. The molecule has 2 aromatic rings. The molecule has 2 aromatic heterocycles. The van der Waals surface area contributed by atoms with Gasteiger partial charge >= 0.3 is 5.97 Å². The molecule has 0 aliphatic carbocycles. The summed E-state index contributed by atoms with van der Waals surface area (Å²) in [6, 6.07) is 3.88. The van der Waals surface area contributed by atoms with E-state index in [1.165, 1.54) is 0 Å². The Bertz CT molecular complexity index is 631. The minimum atomic E-state index is -0.720. The molecule has 0 radical (unpaired) electrons. The van der Waals surface area contributed by atoms with Crippen molar-refractivity contribution in [3.8, 4) is 0 Å². The summed E-state index contributed by atoms with van der Waals surface area (Å²) in [4.78, 5) is 25.7. The van der Waals surface area contributed by atoms with Crippen molar-refractivity contribution in [3.05, 3.63) is 24.5 Å². The number of pyridine rings is 1. The van der Waals surface area contributed by atoms with E-state index in [-0.39, 0.29) is 6.42 Å². The lowest BCUT2D eigenvalue weighted by atomic mass is 10.0. The van der Waals surface area contributed by atoms with E-state index in [0.717, 1.165) is 37.3 Å². The topological polar surface area (TPSA) is 79.2 Å². The van der Waals surface area contributed by atoms with Gasteiger partial charge in [0, 0.05) is 31.9 Å². The monoisotopic (exact) mass is 272 g/mol. The molecule has 20 heavy (non-hydrogen) atoms. The summed E-state index contributed by atoms with van der Waals surface area (Å²) in [6.07, 6.45) is 5.29. The first-order valence-electron chi connectivity index (χ1n) is 6.77. The normalized spacial score (nSPS) is 18.6. The highest BCUT2D eigenvalue weighted by molar-refractivity contribution is 5.71. The van der Waals surface area contributed by atoms with Crippen LogP contribution >= 0.6 is 0 Å². The van der Waals surface area contributed by atoms with Gasteiger partial charge in [0.2, 0.25) is 0 Å². The number of nitrogens with zero attached hydrogens (tertiary/aromatic N) is 4. The maximum absolute atomic E-state index is 10.6. The van der Waals surface area contributed by atoms with Crippen LogP contribution in [0.15, 0.2) is 24.5 Å². The number of carboxylic acid groups (broad SMARTS) is 1. The van der Waals surface area contributed by atoms with Gasteiger partial charge in [-0.05, 0) is 30.9 Å². The fourth-order valence-electron chi connectivity index (χ4n) is 2.62. The van der Waals surface area contributed by atoms with Gasteiger partial charge in [0.15, 0.2) is 5.65 Å². The molecule has 1 unspecified atom stereocenters. The van der Waals surface area contributed by atoms with Gasteiger partial charge in [-0.1, -0.05) is 0 Å². The molecule has 1 saturated heterocycles. The highest BCUT2D eigenvalue weighted by atomic mass is 16.4. The highest BCUT2D eigenvalue weighted by Crippen LogP contribution is 2.26. The first-order valence-corrected chi connectivity index (χ1v) is 6.77. The molecule has 1 atom stereocenters. The van der Waals surface area contributed by atoms with Gasteiger partial charge in [0.25, 0.3) is 0 Å². The Morgan fingerprint density at radius 3 is 3.05 bits per heavy atom. The van der Waals surface area contributed by atoms with E-state index in [0.29, 0.717) is 11.6 Å². The highest BCUT2D eigenvalue weighted by Gasteiger charge is 2.24. The summed E-state index contributed by atoms with van der Waals surface area (Å²) in [7, 11) is 0. The van der Waals surface area contributed by atoms with Crippen molar-refractivity contribution in [1.82, 2.24) is 15.0 Å². The van der Waals surface area contributed by atoms with E-state index >= 15 is 0 Å². The van der Waals surface area contributed by atoms with Crippen molar-refractivity contribution in [2.75, 3.05) is 18.0 Å². The Hall–Kier alpha value is -2.24. The quantitative estimate of drug-likeness (QED) is 0.912. The standard InChI is InChI=1S/C14H16N4O2/c19-13(20)4-1-10-5-8-18(9-10)12-3-2-11-14(17-12)16-7-6-15-11/h2-3,6-7,10H,1,4-5,8-9H2,(H,19,20). The molecule has 3 heterocycles. The molecular formula is C14H16N4O2.